The molecule has 1 aliphatic heterocycles. The topological polar surface area (TPSA) is 40.6 Å². The van der Waals surface area contributed by atoms with Crippen LogP contribution in [0.15, 0.2) is 0 Å². The van der Waals surface area contributed by atoms with Crippen LogP contribution in [0.2, 0.25) is 0 Å². The molecule has 0 saturated carbocycles. The first-order valence-corrected chi connectivity index (χ1v) is 8.77. The molecule has 0 bridgehead atoms. The van der Waals surface area contributed by atoms with Gasteiger partial charge in [-0.2, -0.15) is 0 Å². The van der Waals surface area contributed by atoms with Crippen LogP contribution in [-0.4, -0.2) is 61.6 Å². The van der Waals surface area contributed by atoms with Gasteiger partial charge in [-0.15, -0.1) is 0 Å². The lowest BCUT2D eigenvalue weighted by atomic mass is 9.86. The monoisotopic (exact) mass is 310 g/mol. The SMILES string of the molecule is CCCC(C)(C=O)CN1CCN(CC(C)(C=O)CCC)CC1. The van der Waals surface area contributed by atoms with Crippen LogP contribution >= 0.6 is 0 Å². The fraction of sp³-hybridized carbons (Fsp3) is 0.889. The summed E-state index contributed by atoms with van der Waals surface area (Å²) < 4.78 is 0. The first-order chi connectivity index (χ1) is 10.4. The van der Waals surface area contributed by atoms with Crippen LogP contribution in [-0.2, 0) is 9.59 Å². The van der Waals surface area contributed by atoms with E-state index in [0.717, 1.165) is 77.5 Å². The van der Waals surface area contributed by atoms with Crippen LogP contribution < -0.4 is 0 Å². The Morgan fingerprint density at radius 1 is 0.773 bits per heavy atom. The van der Waals surface area contributed by atoms with Gasteiger partial charge >= 0.3 is 0 Å². The minimum atomic E-state index is -0.212. The van der Waals surface area contributed by atoms with Crippen LogP contribution in [0.25, 0.3) is 0 Å². The third-order valence-electron chi connectivity index (χ3n) is 4.85. The summed E-state index contributed by atoms with van der Waals surface area (Å²) in [7, 11) is 0. The minimum Gasteiger partial charge on any atom is -0.303 e. The molecule has 0 aromatic carbocycles. The van der Waals surface area contributed by atoms with Gasteiger partial charge in [-0.1, -0.05) is 40.5 Å². The van der Waals surface area contributed by atoms with Crippen molar-refractivity contribution in [3.63, 3.8) is 0 Å². The molecule has 0 N–H and O–H groups in total. The van der Waals surface area contributed by atoms with E-state index in [9.17, 15) is 9.59 Å². The lowest BCUT2D eigenvalue weighted by Gasteiger charge is -2.40. The van der Waals surface area contributed by atoms with Gasteiger partial charge in [0.15, 0.2) is 0 Å². The van der Waals surface area contributed by atoms with Crippen molar-refractivity contribution in [1.82, 2.24) is 9.80 Å². The third-order valence-corrected chi connectivity index (χ3v) is 4.85. The van der Waals surface area contributed by atoms with Crippen molar-refractivity contribution < 1.29 is 9.59 Å². The summed E-state index contributed by atoms with van der Waals surface area (Å²) in [4.78, 5) is 27.6. The van der Waals surface area contributed by atoms with Crippen LogP contribution in [0.1, 0.15) is 53.4 Å². The van der Waals surface area contributed by atoms with Gasteiger partial charge < -0.3 is 9.59 Å². The maximum atomic E-state index is 11.4. The second kappa shape index (κ2) is 8.78. The van der Waals surface area contributed by atoms with Gasteiger partial charge in [0, 0.05) is 50.1 Å². The summed E-state index contributed by atoms with van der Waals surface area (Å²) in [5, 5.41) is 0. The Balaban J connectivity index is 2.46. The fourth-order valence-electron chi connectivity index (χ4n) is 3.62. The number of rotatable bonds is 10. The van der Waals surface area contributed by atoms with Crippen LogP contribution in [0, 0.1) is 10.8 Å². The summed E-state index contributed by atoms with van der Waals surface area (Å²) in [6.45, 7) is 14.1. The van der Waals surface area contributed by atoms with E-state index >= 15 is 0 Å². The summed E-state index contributed by atoms with van der Waals surface area (Å²) in [6.07, 6.45) is 6.27. The number of hydrogen-bond acceptors (Lipinski definition) is 4. The predicted octanol–water partition coefficient (Wildman–Crippen LogP) is 2.61. The molecule has 22 heavy (non-hydrogen) atoms. The quantitative estimate of drug-likeness (QED) is 0.582. The highest BCUT2D eigenvalue weighted by Gasteiger charge is 2.30. The number of hydrogen-bond donors (Lipinski definition) is 0. The van der Waals surface area contributed by atoms with Gasteiger partial charge in [0.1, 0.15) is 12.6 Å². The molecule has 0 aromatic rings. The molecule has 2 atom stereocenters. The van der Waals surface area contributed by atoms with Crippen molar-refractivity contribution in [1.29, 1.82) is 0 Å². The van der Waals surface area contributed by atoms with Gasteiger partial charge in [0.05, 0.1) is 0 Å². The predicted molar refractivity (Wildman–Crippen MR) is 91.0 cm³/mol. The lowest BCUT2D eigenvalue weighted by molar-refractivity contribution is -0.118. The Hall–Kier alpha value is -0.740. The van der Waals surface area contributed by atoms with Crippen molar-refractivity contribution in [2.45, 2.75) is 53.4 Å². The Morgan fingerprint density at radius 2 is 1.09 bits per heavy atom. The van der Waals surface area contributed by atoms with E-state index in [2.05, 4.69) is 37.5 Å². The number of aldehydes is 2. The van der Waals surface area contributed by atoms with Crippen molar-refractivity contribution in [2.75, 3.05) is 39.3 Å². The number of carbonyl (C=O) groups is 2. The molecule has 0 radical (unpaired) electrons. The van der Waals surface area contributed by atoms with E-state index in [1.165, 1.54) is 0 Å². The van der Waals surface area contributed by atoms with Gasteiger partial charge in [-0.05, 0) is 12.8 Å². The van der Waals surface area contributed by atoms with E-state index < -0.39 is 0 Å². The average Bonchev–Trinajstić information content (AvgIpc) is 2.50. The smallest absolute Gasteiger partial charge is 0.127 e. The number of piperazine rings is 1. The highest BCUT2D eigenvalue weighted by atomic mass is 16.1. The molecule has 1 aliphatic rings. The van der Waals surface area contributed by atoms with Crippen molar-refractivity contribution in [2.24, 2.45) is 10.8 Å². The van der Waals surface area contributed by atoms with E-state index in [0.29, 0.717) is 0 Å². The van der Waals surface area contributed by atoms with Crippen molar-refractivity contribution >= 4 is 12.6 Å². The first kappa shape index (κ1) is 19.3. The standard InChI is InChI=1S/C18H34N2O2/c1-5-7-17(3,15-21)13-19-9-11-20(12-10-19)14-18(4,16-22)8-6-2/h15-16H,5-14H2,1-4H3. The molecule has 0 aromatic heterocycles. The summed E-state index contributed by atoms with van der Waals surface area (Å²) in [6, 6.07) is 0. The van der Waals surface area contributed by atoms with Crippen molar-refractivity contribution in [3.05, 3.63) is 0 Å². The molecule has 4 heteroatoms. The van der Waals surface area contributed by atoms with E-state index in [1.54, 1.807) is 0 Å². The average molecular weight is 310 g/mol. The molecule has 4 nitrogen and oxygen atoms in total. The maximum absolute atomic E-state index is 11.4. The summed E-state index contributed by atoms with van der Waals surface area (Å²) >= 11 is 0. The number of carbonyl (C=O) groups excluding carboxylic acids is 2. The van der Waals surface area contributed by atoms with Gasteiger partial charge in [0.2, 0.25) is 0 Å². The molecule has 0 aliphatic carbocycles. The number of nitrogens with zero attached hydrogens (tertiary/aromatic N) is 2. The zero-order valence-corrected chi connectivity index (χ0v) is 14.9. The second-order valence-electron chi connectivity index (χ2n) is 7.60. The van der Waals surface area contributed by atoms with Crippen LogP contribution in [0.4, 0.5) is 0 Å². The van der Waals surface area contributed by atoms with Crippen molar-refractivity contribution in [3.8, 4) is 0 Å². The summed E-state index contributed by atoms with van der Waals surface area (Å²) in [5.74, 6) is 0. The molecule has 1 saturated heterocycles. The van der Waals surface area contributed by atoms with E-state index in [1.807, 2.05) is 0 Å². The fourth-order valence-corrected chi connectivity index (χ4v) is 3.62. The Morgan fingerprint density at radius 3 is 1.32 bits per heavy atom. The zero-order valence-electron chi connectivity index (χ0n) is 14.9. The molecule has 2 unspecified atom stereocenters. The normalized spacial score (nSPS) is 22.7. The second-order valence-corrected chi connectivity index (χ2v) is 7.60. The van der Waals surface area contributed by atoms with E-state index in [4.69, 9.17) is 0 Å². The molecular weight excluding hydrogens is 276 g/mol. The van der Waals surface area contributed by atoms with E-state index in [-0.39, 0.29) is 10.8 Å². The summed E-state index contributed by atoms with van der Waals surface area (Å²) in [5.41, 5.74) is -0.424. The van der Waals surface area contributed by atoms with Gasteiger partial charge in [-0.25, -0.2) is 0 Å². The Kier molecular flexibility index (Phi) is 7.70. The molecule has 1 heterocycles. The third kappa shape index (κ3) is 5.81. The molecule has 0 spiro atoms. The largest absolute Gasteiger partial charge is 0.303 e. The van der Waals surface area contributed by atoms with Crippen LogP contribution in [0.5, 0.6) is 0 Å². The molecule has 0 amide bonds. The van der Waals surface area contributed by atoms with Gasteiger partial charge in [0.25, 0.3) is 0 Å². The first-order valence-electron chi connectivity index (χ1n) is 8.77. The highest BCUT2D eigenvalue weighted by Crippen LogP contribution is 2.25. The molecule has 1 fully saturated rings. The molecule has 128 valence electrons. The Labute approximate surface area is 136 Å². The Bertz CT molecular complexity index is 319. The maximum Gasteiger partial charge on any atom is 0.127 e. The highest BCUT2D eigenvalue weighted by molar-refractivity contribution is 5.59. The van der Waals surface area contributed by atoms with Gasteiger partial charge in [-0.3, -0.25) is 9.80 Å². The molecular formula is C18H34N2O2. The minimum absolute atomic E-state index is 0.212. The lowest BCUT2D eigenvalue weighted by Crippen LogP contribution is -2.52. The zero-order chi connectivity index (χ0) is 16.6. The van der Waals surface area contributed by atoms with Crippen LogP contribution in [0.3, 0.4) is 0 Å². The molecule has 1 rings (SSSR count).